The van der Waals surface area contributed by atoms with E-state index in [1.165, 1.54) is 31.5 Å². The Labute approximate surface area is 236 Å². The van der Waals surface area contributed by atoms with Crippen molar-refractivity contribution in [2.75, 3.05) is 12.9 Å². The first-order valence-corrected chi connectivity index (χ1v) is 13.8. The van der Waals surface area contributed by atoms with E-state index in [1.54, 1.807) is 36.6 Å². The summed E-state index contributed by atoms with van der Waals surface area (Å²) in [5.41, 5.74) is 2.35. The lowest BCUT2D eigenvalue weighted by molar-refractivity contribution is -0.140. The second kappa shape index (κ2) is 14.8. The van der Waals surface area contributed by atoms with Gasteiger partial charge in [-0.1, -0.05) is 44.2 Å². The zero-order chi connectivity index (χ0) is 29.1. The minimum atomic E-state index is -1.22. The minimum absolute atomic E-state index is 0.0361. The number of nitrogens with zero attached hydrogens (tertiary/aromatic N) is 3. The normalized spacial score (nSPS) is 12.4. The summed E-state index contributed by atoms with van der Waals surface area (Å²) < 4.78 is 7.08. The second-order valence-corrected chi connectivity index (χ2v) is 10.4. The van der Waals surface area contributed by atoms with Gasteiger partial charge in [-0.15, -0.1) is 22.0 Å². The van der Waals surface area contributed by atoms with Crippen molar-refractivity contribution in [1.82, 2.24) is 25.4 Å². The number of carbonyl (C=O) groups is 4. The number of methoxy groups -OCH3 is 1. The number of aromatic nitrogens is 3. The molecule has 0 aliphatic carbocycles. The van der Waals surface area contributed by atoms with Gasteiger partial charge in [0, 0.05) is 17.0 Å². The van der Waals surface area contributed by atoms with Gasteiger partial charge < -0.3 is 20.5 Å². The summed E-state index contributed by atoms with van der Waals surface area (Å²) in [5, 5.41) is 22.2. The lowest BCUT2D eigenvalue weighted by Crippen LogP contribution is -2.54. The van der Waals surface area contributed by atoms with Crippen LogP contribution in [-0.2, 0) is 31.4 Å². The van der Waals surface area contributed by atoms with Crippen LogP contribution in [0.4, 0.5) is 0 Å². The lowest BCUT2D eigenvalue weighted by atomic mass is 10.0. The molecule has 1 aromatic heterocycles. The molecule has 1 heterocycles. The zero-order valence-electron chi connectivity index (χ0n) is 22.6. The second-order valence-electron chi connectivity index (χ2n) is 9.44. The van der Waals surface area contributed by atoms with Crippen LogP contribution in [0.15, 0.2) is 61.2 Å². The molecule has 2 atom stereocenters. The highest BCUT2D eigenvalue weighted by Gasteiger charge is 2.30. The highest BCUT2D eigenvalue weighted by molar-refractivity contribution is 7.99. The van der Waals surface area contributed by atoms with Crippen LogP contribution >= 0.6 is 11.8 Å². The van der Waals surface area contributed by atoms with Crippen molar-refractivity contribution in [3.8, 4) is 11.4 Å². The number of carbonyl (C=O) groups excluding carboxylic acids is 3. The van der Waals surface area contributed by atoms with Crippen molar-refractivity contribution in [2.24, 2.45) is 5.92 Å². The molecule has 0 radical (unpaired) electrons. The van der Waals surface area contributed by atoms with E-state index in [4.69, 9.17) is 4.74 Å². The van der Waals surface area contributed by atoms with Crippen LogP contribution in [0.2, 0.25) is 0 Å². The molecule has 0 saturated heterocycles. The zero-order valence-corrected chi connectivity index (χ0v) is 23.4. The maximum Gasteiger partial charge on any atom is 0.305 e. The van der Waals surface area contributed by atoms with E-state index in [9.17, 15) is 24.3 Å². The Morgan fingerprint density at radius 1 is 1.02 bits per heavy atom. The molecule has 3 aromatic rings. The Morgan fingerprint density at radius 3 is 2.35 bits per heavy atom. The number of benzene rings is 2. The molecule has 0 saturated carbocycles. The fourth-order valence-corrected chi connectivity index (χ4v) is 4.89. The van der Waals surface area contributed by atoms with Crippen molar-refractivity contribution in [3.63, 3.8) is 0 Å². The molecular formula is C28H33N5O6S. The van der Waals surface area contributed by atoms with Gasteiger partial charge in [-0.05, 0) is 29.7 Å². The van der Waals surface area contributed by atoms with E-state index >= 15 is 0 Å². The summed E-state index contributed by atoms with van der Waals surface area (Å²) in [6.45, 7) is 3.50. The van der Waals surface area contributed by atoms with Crippen molar-refractivity contribution in [3.05, 3.63) is 72.3 Å². The minimum Gasteiger partial charge on any atom is -0.496 e. The van der Waals surface area contributed by atoms with Crippen molar-refractivity contribution in [2.45, 2.75) is 44.5 Å². The van der Waals surface area contributed by atoms with Crippen LogP contribution < -0.4 is 15.4 Å². The van der Waals surface area contributed by atoms with Gasteiger partial charge in [-0.2, -0.15) is 0 Å². The van der Waals surface area contributed by atoms with Crippen LogP contribution in [0.1, 0.15) is 31.4 Å². The van der Waals surface area contributed by atoms with Crippen molar-refractivity contribution >= 4 is 35.3 Å². The van der Waals surface area contributed by atoms with Crippen LogP contribution in [-0.4, -0.2) is 68.4 Å². The molecule has 0 spiro atoms. The van der Waals surface area contributed by atoms with Gasteiger partial charge in [0.2, 0.25) is 11.8 Å². The molecule has 2 amide bonds. The van der Waals surface area contributed by atoms with E-state index in [2.05, 4.69) is 20.8 Å². The van der Waals surface area contributed by atoms with Gasteiger partial charge in [0.15, 0.2) is 5.78 Å². The highest BCUT2D eigenvalue weighted by Crippen LogP contribution is 2.22. The summed E-state index contributed by atoms with van der Waals surface area (Å²) in [6, 6.07) is 12.6. The maximum absolute atomic E-state index is 13.2. The number of ether oxygens (including phenoxy) is 1. The predicted octanol–water partition coefficient (Wildman–Crippen LogP) is 2.42. The Hall–Kier alpha value is -4.19. The van der Waals surface area contributed by atoms with Gasteiger partial charge in [-0.3, -0.25) is 23.7 Å². The molecule has 0 unspecified atom stereocenters. The number of carboxylic acids is 1. The van der Waals surface area contributed by atoms with Gasteiger partial charge >= 0.3 is 5.97 Å². The number of thioether (sulfide) groups is 1. The Bertz CT molecular complexity index is 1300. The van der Waals surface area contributed by atoms with E-state index in [1.807, 2.05) is 30.3 Å². The fraction of sp³-hybridized carbons (Fsp3) is 0.357. The van der Waals surface area contributed by atoms with E-state index in [0.717, 1.165) is 11.3 Å². The Morgan fingerprint density at radius 2 is 1.73 bits per heavy atom. The molecule has 0 bridgehead atoms. The first kappa shape index (κ1) is 30.4. The number of aliphatic carboxylic acids is 1. The third kappa shape index (κ3) is 8.94. The topological polar surface area (TPSA) is 153 Å². The summed E-state index contributed by atoms with van der Waals surface area (Å²) in [4.78, 5) is 50.5. The molecule has 2 aromatic carbocycles. The molecule has 0 fully saturated rings. The van der Waals surface area contributed by atoms with Gasteiger partial charge in [0.1, 0.15) is 24.4 Å². The lowest BCUT2D eigenvalue weighted by Gasteiger charge is -2.25. The first-order valence-electron chi connectivity index (χ1n) is 12.7. The largest absolute Gasteiger partial charge is 0.496 e. The maximum atomic E-state index is 13.2. The Balaban J connectivity index is 1.65. The van der Waals surface area contributed by atoms with Crippen LogP contribution in [0.25, 0.3) is 5.69 Å². The molecule has 40 heavy (non-hydrogen) atoms. The number of hydrogen-bond acceptors (Lipinski definition) is 8. The first-order chi connectivity index (χ1) is 19.2. The molecule has 3 rings (SSSR count). The van der Waals surface area contributed by atoms with E-state index in [-0.39, 0.29) is 18.1 Å². The summed E-state index contributed by atoms with van der Waals surface area (Å²) in [6.07, 6.45) is 2.42. The molecule has 12 heteroatoms. The Kier molecular flexibility index (Phi) is 11.2. The number of Topliss-reactive ketones (excluding diaryl/α,β-unsaturated/α-hetero) is 1. The monoisotopic (exact) mass is 567 g/mol. The fourth-order valence-electron chi connectivity index (χ4n) is 3.96. The quantitative estimate of drug-likeness (QED) is 0.251. The van der Waals surface area contributed by atoms with Crippen molar-refractivity contribution < 1.29 is 29.0 Å². The average Bonchev–Trinajstić information content (AvgIpc) is 3.46. The predicted molar refractivity (Wildman–Crippen MR) is 150 cm³/mol. The van der Waals surface area contributed by atoms with E-state index in [0.29, 0.717) is 17.1 Å². The van der Waals surface area contributed by atoms with Crippen LogP contribution in [0.5, 0.6) is 5.75 Å². The van der Waals surface area contributed by atoms with Crippen LogP contribution in [0, 0.1) is 5.92 Å². The molecular weight excluding hydrogens is 534 g/mol. The number of carboxylic acid groups (broad SMARTS) is 1. The third-order valence-electron chi connectivity index (χ3n) is 6.04. The molecule has 0 aliphatic rings. The number of nitrogens with one attached hydrogen (secondary N) is 2. The number of amides is 2. The van der Waals surface area contributed by atoms with E-state index < -0.39 is 42.1 Å². The SMILES string of the molecule is COc1ccc(-n2cnnc2)cc1CC(=O)N[C@H](C(=O)N[C@@H](CC(=O)O)C(=O)CSCc1ccccc1)C(C)C. The van der Waals surface area contributed by atoms with Gasteiger partial charge in [-0.25, -0.2) is 0 Å². The standard InChI is InChI=1S/C28H33N5O6S/c1-18(2)27(32-25(35)12-20-11-21(9-10-24(20)39-3)33-16-29-30-17-33)28(38)31-22(13-26(36)37)23(34)15-40-14-19-7-5-4-6-8-19/h4-11,16-18,22,27H,12-15H2,1-3H3,(H,31,38)(H,32,35)(H,36,37)/t22-,27-/m0/s1. The smallest absolute Gasteiger partial charge is 0.305 e. The summed E-state index contributed by atoms with van der Waals surface area (Å²) in [7, 11) is 1.50. The number of hydrogen-bond donors (Lipinski definition) is 3. The highest BCUT2D eigenvalue weighted by atomic mass is 32.2. The molecule has 0 aliphatic heterocycles. The van der Waals surface area contributed by atoms with Crippen LogP contribution in [0.3, 0.4) is 0 Å². The van der Waals surface area contributed by atoms with Gasteiger partial charge in [0.05, 0.1) is 31.7 Å². The summed E-state index contributed by atoms with van der Waals surface area (Å²) in [5.74, 6) is -1.90. The molecule has 212 valence electrons. The number of ketones is 1. The molecule has 11 nitrogen and oxygen atoms in total. The summed E-state index contributed by atoms with van der Waals surface area (Å²) >= 11 is 1.34. The molecule has 3 N–H and O–H groups in total. The number of rotatable bonds is 15. The third-order valence-corrected chi connectivity index (χ3v) is 7.06. The average molecular weight is 568 g/mol. The van der Waals surface area contributed by atoms with Gasteiger partial charge in [0.25, 0.3) is 0 Å². The van der Waals surface area contributed by atoms with Crippen molar-refractivity contribution in [1.29, 1.82) is 0 Å².